The lowest BCUT2D eigenvalue weighted by Crippen LogP contribution is -2.22. The Morgan fingerprint density at radius 2 is 1.77 bits per heavy atom. The van der Waals surface area contributed by atoms with Crippen LogP contribution in [0.25, 0.3) is 10.9 Å². The number of fused-ring (bicyclic) bond motifs is 1. The number of nitrogens with zero attached hydrogens (tertiary/aromatic N) is 4. The maximum Gasteiger partial charge on any atom is 0.321 e. The molecule has 1 N–H and O–H groups in total. The Morgan fingerprint density at radius 3 is 2.38 bits per heavy atom. The van der Waals surface area contributed by atoms with Crippen molar-refractivity contribution < 1.29 is 8.78 Å². The van der Waals surface area contributed by atoms with Crippen LogP contribution in [0.3, 0.4) is 0 Å². The van der Waals surface area contributed by atoms with Crippen LogP contribution in [0.4, 0.5) is 20.4 Å². The van der Waals surface area contributed by atoms with Crippen molar-refractivity contribution in [2.45, 2.75) is 40.2 Å². The minimum Gasteiger partial charge on any atom is -0.325 e. The van der Waals surface area contributed by atoms with Gasteiger partial charge in [-0.15, -0.1) is 0 Å². The first-order chi connectivity index (χ1) is 12.3. The molecule has 0 bridgehead atoms. The van der Waals surface area contributed by atoms with Gasteiger partial charge in [-0.1, -0.05) is 13.8 Å². The van der Waals surface area contributed by atoms with Gasteiger partial charge in [0.15, 0.2) is 0 Å². The lowest BCUT2D eigenvalue weighted by atomic mass is 9.99. The predicted octanol–water partition coefficient (Wildman–Crippen LogP) is 4.07. The molecular formula is C18H19F2N5O. The van der Waals surface area contributed by atoms with Crippen LogP contribution in [0.2, 0.25) is 0 Å². The molecule has 0 radical (unpaired) electrons. The van der Waals surface area contributed by atoms with E-state index in [1.807, 2.05) is 20.8 Å². The molecule has 0 amide bonds. The summed E-state index contributed by atoms with van der Waals surface area (Å²) < 4.78 is 26.5. The van der Waals surface area contributed by atoms with Gasteiger partial charge in [0.2, 0.25) is 0 Å². The first kappa shape index (κ1) is 17.9. The molecule has 0 aliphatic heterocycles. The lowest BCUT2D eigenvalue weighted by Gasteiger charge is -2.14. The van der Waals surface area contributed by atoms with Gasteiger partial charge in [-0.2, -0.15) is 8.78 Å². The summed E-state index contributed by atoms with van der Waals surface area (Å²) in [5.74, 6) is 1.65. The molecule has 3 aromatic heterocycles. The van der Waals surface area contributed by atoms with Gasteiger partial charge in [-0.05, 0) is 37.5 Å². The van der Waals surface area contributed by atoms with E-state index in [1.165, 1.54) is 6.07 Å². The third kappa shape index (κ3) is 3.40. The highest BCUT2D eigenvalue weighted by atomic mass is 19.3. The Kier molecular flexibility index (Phi) is 4.67. The summed E-state index contributed by atoms with van der Waals surface area (Å²) >= 11 is 0. The molecule has 0 saturated heterocycles. The summed E-state index contributed by atoms with van der Waals surface area (Å²) in [6.07, 6.45) is 1.06. The average molecular weight is 359 g/mol. The number of halogens is 2. The maximum absolute atomic E-state index is 13.0. The van der Waals surface area contributed by atoms with Gasteiger partial charge in [0.05, 0.1) is 10.9 Å². The second kappa shape index (κ2) is 6.78. The molecule has 0 fully saturated rings. The maximum atomic E-state index is 13.0. The molecule has 3 aromatic rings. The largest absolute Gasteiger partial charge is 0.325 e. The van der Waals surface area contributed by atoms with Crippen LogP contribution in [0, 0.1) is 13.8 Å². The Balaban J connectivity index is 2.17. The Bertz CT molecular complexity index is 1010. The highest BCUT2D eigenvalue weighted by molar-refractivity contribution is 5.84. The van der Waals surface area contributed by atoms with Crippen LogP contribution in [-0.4, -0.2) is 19.5 Å². The molecular weight excluding hydrogens is 340 g/mol. The van der Waals surface area contributed by atoms with Crippen LogP contribution in [0.15, 0.2) is 29.2 Å². The second-order valence-electron chi connectivity index (χ2n) is 6.38. The number of rotatable bonds is 4. The number of nitrogens with one attached hydrogen (secondary N) is 1. The Hall–Kier alpha value is -2.90. The summed E-state index contributed by atoms with van der Waals surface area (Å²) in [6.45, 7) is 4.56. The molecule has 0 aliphatic rings. The van der Waals surface area contributed by atoms with Gasteiger partial charge in [-0.3, -0.25) is 9.36 Å². The predicted molar refractivity (Wildman–Crippen MR) is 96.1 cm³/mol. The lowest BCUT2D eigenvalue weighted by molar-refractivity contribution is 0.0669. The number of aromatic nitrogens is 4. The highest BCUT2D eigenvalue weighted by Crippen LogP contribution is 2.26. The molecule has 0 aromatic carbocycles. The van der Waals surface area contributed by atoms with E-state index in [0.29, 0.717) is 33.1 Å². The molecule has 3 rings (SSSR count). The fourth-order valence-corrected chi connectivity index (χ4v) is 2.87. The van der Waals surface area contributed by atoms with E-state index in [2.05, 4.69) is 20.3 Å². The summed E-state index contributed by atoms with van der Waals surface area (Å²) in [4.78, 5) is 25.4. The third-order valence-corrected chi connectivity index (χ3v) is 3.97. The molecule has 0 atom stereocenters. The monoisotopic (exact) mass is 359 g/mol. The van der Waals surface area contributed by atoms with Crippen LogP contribution in [-0.2, 0) is 0 Å². The standard InChI is InChI=1S/C18H19F2N5O/c1-9(2)12-8-15(24-14-7-10(3)21-11(4)22-14)23-13-5-6-25(18(19)20)17(26)16(12)13/h5-9,18H,1-4H3,(H,21,22,23,24). The second-order valence-corrected chi connectivity index (χ2v) is 6.38. The Labute approximate surface area is 148 Å². The van der Waals surface area contributed by atoms with E-state index in [9.17, 15) is 13.6 Å². The minimum atomic E-state index is -2.89. The number of aryl methyl sites for hydroxylation is 2. The zero-order valence-corrected chi connectivity index (χ0v) is 14.9. The van der Waals surface area contributed by atoms with E-state index in [1.54, 1.807) is 19.1 Å². The van der Waals surface area contributed by atoms with Crippen molar-refractivity contribution in [3.8, 4) is 0 Å². The van der Waals surface area contributed by atoms with Gasteiger partial charge in [0.25, 0.3) is 5.56 Å². The molecule has 0 spiro atoms. The van der Waals surface area contributed by atoms with Crippen molar-refractivity contribution >= 4 is 22.5 Å². The van der Waals surface area contributed by atoms with E-state index >= 15 is 0 Å². The van der Waals surface area contributed by atoms with Crippen molar-refractivity contribution in [3.05, 3.63) is 51.8 Å². The van der Waals surface area contributed by atoms with Gasteiger partial charge in [0, 0.05) is 18.0 Å². The van der Waals surface area contributed by atoms with Crippen LogP contribution >= 0.6 is 0 Å². The van der Waals surface area contributed by atoms with Gasteiger partial charge < -0.3 is 5.32 Å². The zero-order valence-electron chi connectivity index (χ0n) is 14.9. The summed E-state index contributed by atoms with van der Waals surface area (Å²) in [5, 5.41) is 3.32. The quantitative estimate of drug-likeness (QED) is 0.760. The zero-order chi connectivity index (χ0) is 19.0. The Morgan fingerprint density at radius 1 is 1.08 bits per heavy atom. The fraction of sp³-hybridized carbons (Fsp3) is 0.333. The molecule has 26 heavy (non-hydrogen) atoms. The normalized spacial score (nSPS) is 11.5. The SMILES string of the molecule is Cc1cc(Nc2cc(C(C)C)c3c(=O)n(C(F)F)ccc3n2)nc(C)n1. The summed E-state index contributed by atoms with van der Waals surface area (Å²) in [5.41, 5.74) is 1.08. The van der Waals surface area contributed by atoms with E-state index < -0.39 is 12.1 Å². The minimum absolute atomic E-state index is 0.0452. The fourth-order valence-electron chi connectivity index (χ4n) is 2.87. The molecule has 136 valence electrons. The highest BCUT2D eigenvalue weighted by Gasteiger charge is 2.17. The first-order valence-electron chi connectivity index (χ1n) is 8.19. The summed E-state index contributed by atoms with van der Waals surface area (Å²) in [7, 11) is 0. The summed E-state index contributed by atoms with van der Waals surface area (Å²) in [6, 6.07) is 4.91. The number of hydrogen-bond donors (Lipinski definition) is 1. The van der Waals surface area contributed by atoms with E-state index in [4.69, 9.17) is 0 Å². The average Bonchev–Trinajstić information content (AvgIpc) is 2.52. The number of pyridine rings is 2. The van der Waals surface area contributed by atoms with Crippen molar-refractivity contribution in [2.24, 2.45) is 0 Å². The van der Waals surface area contributed by atoms with E-state index in [-0.39, 0.29) is 11.3 Å². The van der Waals surface area contributed by atoms with Crippen LogP contribution < -0.4 is 10.9 Å². The molecule has 0 saturated carbocycles. The topological polar surface area (TPSA) is 72.7 Å². The van der Waals surface area contributed by atoms with Crippen molar-refractivity contribution in [3.63, 3.8) is 0 Å². The van der Waals surface area contributed by atoms with E-state index in [0.717, 1.165) is 11.9 Å². The molecule has 8 heteroatoms. The first-order valence-corrected chi connectivity index (χ1v) is 8.19. The molecule has 3 heterocycles. The number of alkyl halides is 2. The van der Waals surface area contributed by atoms with Crippen LogP contribution in [0.5, 0.6) is 0 Å². The molecule has 0 unspecified atom stereocenters. The number of hydrogen-bond acceptors (Lipinski definition) is 5. The van der Waals surface area contributed by atoms with Crippen molar-refractivity contribution in [1.29, 1.82) is 0 Å². The van der Waals surface area contributed by atoms with Gasteiger partial charge >= 0.3 is 6.55 Å². The van der Waals surface area contributed by atoms with Gasteiger partial charge in [0.1, 0.15) is 17.5 Å². The van der Waals surface area contributed by atoms with Gasteiger partial charge in [-0.25, -0.2) is 15.0 Å². The van der Waals surface area contributed by atoms with Crippen LogP contribution in [0.1, 0.15) is 43.4 Å². The number of anilines is 2. The van der Waals surface area contributed by atoms with Crippen molar-refractivity contribution in [2.75, 3.05) is 5.32 Å². The third-order valence-electron chi connectivity index (χ3n) is 3.97. The molecule has 6 nitrogen and oxygen atoms in total. The smallest absolute Gasteiger partial charge is 0.321 e. The molecule has 0 aliphatic carbocycles. The van der Waals surface area contributed by atoms with Crippen molar-refractivity contribution in [1.82, 2.24) is 19.5 Å².